The molecule has 0 unspecified atom stereocenters. The number of carbonyl (C=O) groups is 2. The lowest BCUT2D eigenvalue weighted by atomic mass is 10.1. The third kappa shape index (κ3) is 5.17. The van der Waals surface area contributed by atoms with E-state index >= 15 is 0 Å². The van der Waals surface area contributed by atoms with E-state index in [2.05, 4.69) is 15.9 Å². The normalized spacial score (nSPS) is 11.2. The van der Waals surface area contributed by atoms with Gasteiger partial charge >= 0.3 is 5.97 Å². The van der Waals surface area contributed by atoms with Crippen LogP contribution < -0.4 is 0 Å². The van der Waals surface area contributed by atoms with Gasteiger partial charge < -0.3 is 4.74 Å². The number of esters is 1. The van der Waals surface area contributed by atoms with E-state index in [4.69, 9.17) is 4.74 Å². The lowest BCUT2D eigenvalue weighted by Gasteiger charge is -2.03. The van der Waals surface area contributed by atoms with E-state index in [0.29, 0.717) is 5.33 Å². The fraction of sp³-hybridized carbons (Fsp3) is 0.600. The molecule has 0 saturated heterocycles. The number of alkyl halides is 1. The fourth-order valence-electron chi connectivity index (χ4n) is 0.868. The molecule has 14 heavy (non-hydrogen) atoms. The highest BCUT2D eigenvalue weighted by molar-refractivity contribution is 9.09. The number of hydrogen-bond acceptors (Lipinski definition) is 3. The van der Waals surface area contributed by atoms with Gasteiger partial charge in [0.2, 0.25) is 0 Å². The summed E-state index contributed by atoms with van der Waals surface area (Å²) in [6.45, 7) is 3.64. The number of ether oxygens (including phenoxy) is 1. The number of carbonyl (C=O) groups excluding carboxylic acids is 2. The van der Waals surface area contributed by atoms with Crippen molar-refractivity contribution in [3.63, 3.8) is 0 Å². The second-order valence-electron chi connectivity index (χ2n) is 2.79. The van der Waals surface area contributed by atoms with E-state index in [0.717, 1.165) is 12.8 Å². The highest BCUT2D eigenvalue weighted by Gasteiger charge is 2.14. The van der Waals surface area contributed by atoms with E-state index in [1.54, 1.807) is 6.08 Å². The van der Waals surface area contributed by atoms with E-state index in [1.165, 1.54) is 6.92 Å². The van der Waals surface area contributed by atoms with Crippen molar-refractivity contribution in [2.75, 3.05) is 11.9 Å². The van der Waals surface area contributed by atoms with Gasteiger partial charge in [0, 0.05) is 5.33 Å². The standard InChI is InChI=1S/C10H15BrO3/c1-3-4-5-9(8(2)12)10(13)14-7-6-11/h5H,3-4,6-7H2,1-2H3. The van der Waals surface area contributed by atoms with Crippen molar-refractivity contribution < 1.29 is 14.3 Å². The van der Waals surface area contributed by atoms with E-state index < -0.39 is 5.97 Å². The first-order valence-corrected chi connectivity index (χ1v) is 5.69. The molecule has 0 aromatic heterocycles. The Balaban J connectivity index is 4.34. The summed E-state index contributed by atoms with van der Waals surface area (Å²) < 4.78 is 4.84. The summed E-state index contributed by atoms with van der Waals surface area (Å²) >= 11 is 3.14. The monoisotopic (exact) mass is 262 g/mol. The molecule has 80 valence electrons. The average molecular weight is 263 g/mol. The molecule has 0 saturated carbocycles. The second-order valence-corrected chi connectivity index (χ2v) is 3.58. The van der Waals surface area contributed by atoms with Crippen LogP contribution in [0.1, 0.15) is 26.7 Å². The molecule has 3 nitrogen and oxygen atoms in total. The molecule has 0 heterocycles. The number of rotatable bonds is 6. The molecule has 0 fully saturated rings. The van der Waals surface area contributed by atoms with Gasteiger partial charge in [-0.05, 0) is 13.3 Å². The quantitative estimate of drug-likeness (QED) is 0.243. The van der Waals surface area contributed by atoms with Crippen LogP contribution >= 0.6 is 15.9 Å². The molecule has 0 atom stereocenters. The Kier molecular flexibility index (Phi) is 7.38. The van der Waals surface area contributed by atoms with Crippen molar-refractivity contribution in [2.24, 2.45) is 0 Å². The molecular weight excluding hydrogens is 248 g/mol. The van der Waals surface area contributed by atoms with Gasteiger partial charge in [-0.25, -0.2) is 4.79 Å². The van der Waals surface area contributed by atoms with Crippen LogP contribution in [0, 0.1) is 0 Å². The Bertz CT molecular complexity index is 234. The Labute approximate surface area is 92.6 Å². The minimum absolute atomic E-state index is 0.160. The smallest absolute Gasteiger partial charge is 0.341 e. The summed E-state index contributed by atoms with van der Waals surface area (Å²) in [5, 5.41) is 0.581. The largest absolute Gasteiger partial charge is 0.461 e. The van der Waals surface area contributed by atoms with Crippen molar-refractivity contribution in [2.45, 2.75) is 26.7 Å². The van der Waals surface area contributed by atoms with Crippen molar-refractivity contribution in [3.05, 3.63) is 11.6 Å². The Hall–Kier alpha value is -0.640. The molecule has 0 aromatic rings. The van der Waals surface area contributed by atoms with Crippen molar-refractivity contribution in [1.82, 2.24) is 0 Å². The maximum absolute atomic E-state index is 11.3. The first-order chi connectivity index (χ1) is 6.63. The minimum atomic E-state index is -0.523. The SMILES string of the molecule is CCCC=C(C(C)=O)C(=O)OCCBr. The zero-order valence-corrected chi connectivity index (χ0v) is 10.1. The zero-order chi connectivity index (χ0) is 11.0. The number of allylic oxidation sites excluding steroid dienone is 1. The molecule has 0 spiro atoms. The van der Waals surface area contributed by atoms with E-state index in [9.17, 15) is 9.59 Å². The van der Waals surface area contributed by atoms with Gasteiger partial charge in [0.05, 0.1) is 5.57 Å². The lowest BCUT2D eigenvalue weighted by Crippen LogP contribution is -2.14. The second kappa shape index (κ2) is 7.74. The Morgan fingerprint density at radius 1 is 1.43 bits per heavy atom. The number of hydrogen-bond donors (Lipinski definition) is 0. The van der Waals surface area contributed by atoms with Gasteiger partial charge in [0.15, 0.2) is 5.78 Å². The van der Waals surface area contributed by atoms with Crippen LogP contribution in [0.15, 0.2) is 11.6 Å². The molecule has 0 radical (unpaired) electrons. The predicted octanol–water partition coefficient (Wildman–Crippen LogP) is 2.24. The molecule has 0 N–H and O–H groups in total. The number of ketones is 1. The molecule has 4 heteroatoms. The first-order valence-electron chi connectivity index (χ1n) is 4.57. The zero-order valence-electron chi connectivity index (χ0n) is 8.51. The van der Waals surface area contributed by atoms with Crippen molar-refractivity contribution in [3.8, 4) is 0 Å². The van der Waals surface area contributed by atoms with Crippen molar-refractivity contribution in [1.29, 1.82) is 0 Å². The van der Waals surface area contributed by atoms with Crippen LogP contribution in [0.5, 0.6) is 0 Å². The van der Waals surface area contributed by atoms with Crippen LogP contribution in [0.2, 0.25) is 0 Å². The maximum atomic E-state index is 11.3. The molecule has 0 rings (SSSR count). The van der Waals surface area contributed by atoms with Crippen LogP contribution in [0.3, 0.4) is 0 Å². The van der Waals surface area contributed by atoms with Crippen LogP contribution in [0.25, 0.3) is 0 Å². The van der Waals surface area contributed by atoms with Gasteiger partial charge in [-0.2, -0.15) is 0 Å². The van der Waals surface area contributed by atoms with Gasteiger partial charge in [-0.3, -0.25) is 4.79 Å². The highest BCUT2D eigenvalue weighted by atomic mass is 79.9. The predicted molar refractivity (Wildman–Crippen MR) is 58.4 cm³/mol. The fourth-order valence-corrected chi connectivity index (χ4v) is 1.03. The topological polar surface area (TPSA) is 43.4 Å². The maximum Gasteiger partial charge on any atom is 0.341 e. The van der Waals surface area contributed by atoms with E-state index in [1.807, 2.05) is 6.92 Å². The number of unbranched alkanes of at least 4 members (excludes halogenated alkanes) is 1. The molecular formula is C10H15BrO3. The first kappa shape index (κ1) is 13.4. The van der Waals surface area contributed by atoms with E-state index in [-0.39, 0.29) is 18.0 Å². The minimum Gasteiger partial charge on any atom is -0.461 e. The molecule has 0 amide bonds. The molecule has 0 aliphatic carbocycles. The number of Topliss-reactive ketones (excluding diaryl/α,β-unsaturated/α-hetero) is 1. The highest BCUT2D eigenvalue weighted by Crippen LogP contribution is 2.04. The molecule has 0 aromatic carbocycles. The molecule has 0 bridgehead atoms. The summed E-state index contributed by atoms with van der Waals surface area (Å²) in [5.41, 5.74) is 0.160. The van der Waals surface area contributed by atoms with Crippen molar-refractivity contribution >= 4 is 27.7 Å². The third-order valence-electron chi connectivity index (χ3n) is 1.55. The summed E-state index contributed by atoms with van der Waals surface area (Å²) in [6, 6.07) is 0. The van der Waals surface area contributed by atoms with Crippen LogP contribution in [-0.2, 0) is 14.3 Å². The summed E-state index contributed by atoms with van der Waals surface area (Å²) in [5.74, 6) is -0.761. The molecule has 0 aliphatic heterocycles. The van der Waals surface area contributed by atoms with Gasteiger partial charge in [0.1, 0.15) is 6.61 Å². The summed E-state index contributed by atoms with van der Waals surface area (Å²) in [7, 11) is 0. The Morgan fingerprint density at radius 2 is 2.07 bits per heavy atom. The number of halogens is 1. The Morgan fingerprint density at radius 3 is 2.50 bits per heavy atom. The van der Waals surface area contributed by atoms with Crippen LogP contribution in [-0.4, -0.2) is 23.7 Å². The summed E-state index contributed by atoms with van der Waals surface area (Å²) in [6.07, 6.45) is 3.26. The lowest BCUT2D eigenvalue weighted by molar-refractivity contribution is -0.139. The van der Waals surface area contributed by atoms with Gasteiger partial charge in [-0.1, -0.05) is 35.4 Å². The third-order valence-corrected chi connectivity index (χ3v) is 1.87. The average Bonchev–Trinajstić information content (AvgIpc) is 2.14. The summed E-state index contributed by atoms with van der Waals surface area (Å²) in [4.78, 5) is 22.4. The molecule has 0 aliphatic rings. The van der Waals surface area contributed by atoms with Crippen LogP contribution in [0.4, 0.5) is 0 Å². The van der Waals surface area contributed by atoms with Gasteiger partial charge in [0.25, 0.3) is 0 Å². The van der Waals surface area contributed by atoms with Gasteiger partial charge in [-0.15, -0.1) is 0 Å².